The molecule has 4 rings (SSSR count). The molecule has 0 aromatic heterocycles. The Kier molecular flexibility index (Phi) is 17.6. The summed E-state index contributed by atoms with van der Waals surface area (Å²) in [5.41, 5.74) is 10.5. The monoisotopic (exact) mass is 614 g/mol. The second kappa shape index (κ2) is 18.8. The Labute approximate surface area is 265 Å². The quantitative estimate of drug-likeness (QED) is 0.204. The zero-order valence-corrected chi connectivity index (χ0v) is 29.2. The summed E-state index contributed by atoms with van der Waals surface area (Å²) in [5, 5.41) is 15.4. The number of carboxylic acid groups (broad SMARTS) is 1. The van der Waals surface area contributed by atoms with Gasteiger partial charge < -0.3 is 19.4 Å². The molecule has 1 aliphatic heterocycles. The van der Waals surface area contributed by atoms with Crippen molar-refractivity contribution in [1.82, 2.24) is 4.90 Å². The van der Waals surface area contributed by atoms with Crippen LogP contribution in [0.15, 0.2) is 30.3 Å². The minimum Gasteiger partial charge on any atom is -0.483 e. The number of carbonyl (C=O) groups is 1. The van der Waals surface area contributed by atoms with Crippen molar-refractivity contribution in [3.05, 3.63) is 58.4 Å². The molecule has 0 amide bonds. The Morgan fingerprint density at radius 1 is 1.12 bits per heavy atom. The second-order valence-corrected chi connectivity index (χ2v) is 13.4. The highest BCUT2D eigenvalue weighted by atomic mass is 32.2. The van der Waals surface area contributed by atoms with E-state index >= 15 is 0 Å². The third-order valence-electron chi connectivity index (χ3n) is 7.12. The second-order valence-electron chi connectivity index (χ2n) is 12.6. The topological polar surface area (TPSA) is 64.0 Å². The van der Waals surface area contributed by atoms with Gasteiger partial charge in [-0.15, -0.1) is 12.8 Å². The number of halogens is 1. The Morgan fingerprint density at radius 2 is 1.65 bits per heavy atom. The summed E-state index contributed by atoms with van der Waals surface area (Å²) in [6.45, 7) is 18.3. The van der Waals surface area contributed by atoms with Gasteiger partial charge in [0.05, 0.1) is 17.8 Å². The molecule has 2 aliphatic rings. The molecule has 2 N–H and O–H groups in total. The summed E-state index contributed by atoms with van der Waals surface area (Å²) in [6, 6.07) is 7.66. The first-order valence-electron chi connectivity index (χ1n) is 14.8. The molecule has 43 heavy (non-hydrogen) atoms. The van der Waals surface area contributed by atoms with Crippen LogP contribution in [0.2, 0.25) is 0 Å². The Bertz CT molecular complexity index is 1210. The Hall–Kier alpha value is -2.79. The van der Waals surface area contributed by atoms with E-state index in [0.29, 0.717) is 5.41 Å². The lowest BCUT2D eigenvalue weighted by molar-refractivity contribution is -0.122. The number of allylic oxidation sites excluding steroid dienone is 2. The highest BCUT2D eigenvalue weighted by molar-refractivity contribution is 7.99. The minimum atomic E-state index is -0.500. The molecule has 0 atom stereocenters. The number of aliphatic hydroxyl groups is 1. The van der Waals surface area contributed by atoms with E-state index in [1.54, 1.807) is 44.9 Å². The van der Waals surface area contributed by atoms with E-state index in [1.165, 1.54) is 45.5 Å². The largest absolute Gasteiger partial charge is 0.483 e. The summed E-state index contributed by atoms with van der Waals surface area (Å²) in [4.78, 5) is 10.5. The molecule has 2 aromatic rings. The van der Waals surface area contributed by atoms with Gasteiger partial charge in [0.25, 0.3) is 6.47 Å². The van der Waals surface area contributed by atoms with E-state index < -0.39 is 5.60 Å². The van der Waals surface area contributed by atoms with Crippen molar-refractivity contribution in [2.45, 2.75) is 93.2 Å². The van der Waals surface area contributed by atoms with Crippen molar-refractivity contribution in [3.63, 3.8) is 0 Å². The van der Waals surface area contributed by atoms with Crippen molar-refractivity contribution in [1.29, 1.82) is 0 Å². The third kappa shape index (κ3) is 13.2. The predicted octanol–water partition coefficient (Wildman–Crippen LogP) is 8.85. The number of hydrogen-bond donors (Lipinski definition) is 2. The van der Waals surface area contributed by atoms with Crippen LogP contribution < -0.4 is 4.31 Å². The molecule has 1 heterocycles. The molecule has 1 aliphatic carbocycles. The lowest BCUT2D eigenvalue weighted by atomic mass is 9.75. The Balaban J connectivity index is 0.000000988. The predicted molar refractivity (Wildman–Crippen MR) is 186 cm³/mol. The molecule has 0 fully saturated rings. The molecule has 0 saturated carbocycles. The van der Waals surface area contributed by atoms with Crippen LogP contribution in [0.5, 0.6) is 0 Å². The molecule has 0 unspecified atom stereocenters. The van der Waals surface area contributed by atoms with Gasteiger partial charge in [-0.25, -0.2) is 4.39 Å². The third-order valence-corrected chi connectivity index (χ3v) is 7.87. The van der Waals surface area contributed by atoms with E-state index in [-0.39, 0.29) is 12.3 Å². The number of terminal acetylenes is 1. The summed E-state index contributed by atoms with van der Waals surface area (Å²) < 4.78 is 16.2. The van der Waals surface area contributed by atoms with E-state index in [4.69, 9.17) is 15.0 Å². The lowest BCUT2D eigenvalue weighted by Gasteiger charge is -2.35. The number of rotatable bonds is 4. The van der Waals surface area contributed by atoms with Crippen molar-refractivity contribution in [2.75, 3.05) is 31.2 Å². The minimum absolute atomic E-state index is 0.150. The van der Waals surface area contributed by atoms with Gasteiger partial charge in [-0.05, 0) is 131 Å². The van der Waals surface area contributed by atoms with Crippen LogP contribution in [0.25, 0.3) is 16.7 Å². The standard InChI is InChI=1S/C25H30FNS.C4H11N.C4H10O.C2H2.CH2O2/c1-6-20-16(2)24-23(14-22(20)17-9-11-25(3,4)12-10-17)21-8-7-19(26)13-18(21)15-27(24)28-5;1-4-5(2)3;1-4(2,3)5;1-2;2-1-3/h7-9,13-14H,6,10-12,15H2,1-5H3;4H2,1-3H3;5H,1-3H3;1-2H;1H,(H,2,3). The fraction of sp³-hybridized carbons (Fsp3) is 0.528. The summed E-state index contributed by atoms with van der Waals surface area (Å²) in [6.07, 6.45) is 17.1. The van der Waals surface area contributed by atoms with E-state index in [1.807, 2.05) is 6.07 Å². The molecule has 0 radical (unpaired) electrons. The number of fused-ring (bicyclic) bond motifs is 3. The fourth-order valence-electron chi connectivity index (χ4n) is 4.78. The smallest absolute Gasteiger partial charge is 0.290 e. The van der Waals surface area contributed by atoms with Gasteiger partial charge in [0.15, 0.2) is 0 Å². The van der Waals surface area contributed by atoms with Crippen molar-refractivity contribution >= 4 is 29.7 Å². The van der Waals surface area contributed by atoms with Gasteiger partial charge >= 0.3 is 0 Å². The number of hydrogen-bond acceptors (Lipinski definition) is 5. The molecular weight excluding hydrogens is 559 g/mol. The van der Waals surface area contributed by atoms with Gasteiger partial charge in [0, 0.05) is 11.8 Å². The zero-order valence-electron chi connectivity index (χ0n) is 28.3. The van der Waals surface area contributed by atoms with Crippen LogP contribution in [-0.2, 0) is 17.8 Å². The molecule has 0 bridgehead atoms. The van der Waals surface area contributed by atoms with Crippen LogP contribution in [0.1, 0.15) is 90.0 Å². The van der Waals surface area contributed by atoms with Crippen LogP contribution in [0.3, 0.4) is 0 Å². The molecular formula is C36H55FN2O3S. The molecule has 240 valence electrons. The molecule has 0 spiro atoms. The summed E-state index contributed by atoms with van der Waals surface area (Å²) in [7, 11) is 4.11. The summed E-state index contributed by atoms with van der Waals surface area (Å²) >= 11 is 1.73. The first-order chi connectivity index (χ1) is 20.0. The highest BCUT2D eigenvalue weighted by Gasteiger charge is 2.29. The number of benzene rings is 2. The van der Waals surface area contributed by atoms with Crippen molar-refractivity contribution in [2.24, 2.45) is 5.41 Å². The number of nitrogens with zero attached hydrogens (tertiary/aromatic N) is 2. The van der Waals surface area contributed by atoms with Crippen LogP contribution in [0.4, 0.5) is 10.1 Å². The normalized spacial score (nSPS) is 14.4. The maximum Gasteiger partial charge on any atom is 0.290 e. The van der Waals surface area contributed by atoms with E-state index in [9.17, 15) is 4.39 Å². The van der Waals surface area contributed by atoms with Crippen molar-refractivity contribution in [3.8, 4) is 24.0 Å². The lowest BCUT2D eigenvalue weighted by Crippen LogP contribution is -2.22. The van der Waals surface area contributed by atoms with Gasteiger partial charge in [-0.2, -0.15) is 0 Å². The van der Waals surface area contributed by atoms with Gasteiger partial charge in [-0.1, -0.05) is 51.8 Å². The van der Waals surface area contributed by atoms with E-state index in [2.05, 4.69) is 89.2 Å². The van der Waals surface area contributed by atoms with Crippen LogP contribution >= 0.6 is 11.9 Å². The highest BCUT2D eigenvalue weighted by Crippen LogP contribution is 2.48. The first kappa shape index (κ1) is 40.2. The van der Waals surface area contributed by atoms with Gasteiger partial charge in [0.2, 0.25) is 0 Å². The van der Waals surface area contributed by atoms with Crippen LogP contribution in [0, 0.1) is 31.0 Å². The summed E-state index contributed by atoms with van der Waals surface area (Å²) in [5.74, 6) is -0.150. The molecule has 5 nitrogen and oxygen atoms in total. The van der Waals surface area contributed by atoms with Crippen LogP contribution in [-0.4, -0.2) is 54.1 Å². The van der Waals surface area contributed by atoms with Gasteiger partial charge in [-0.3, -0.25) is 4.79 Å². The Morgan fingerprint density at radius 3 is 2.07 bits per heavy atom. The maximum absolute atomic E-state index is 13.9. The fourth-order valence-corrected chi connectivity index (χ4v) is 5.47. The maximum atomic E-state index is 13.9. The molecule has 7 heteroatoms. The van der Waals surface area contributed by atoms with Gasteiger partial charge in [0.1, 0.15) is 5.82 Å². The molecule has 0 saturated heterocycles. The zero-order chi connectivity index (χ0) is 33.5. The average Bonchev–Trinajstić information content (AvgIpc) is 2.93. The average molecular weight is 615 g/mol. The van der Waals surface area contributed by atoms with Crippen molar-refractivity contribution < 1.29 is 19.4 Å². The SMILES string of the molecule is C#C.CC(C)(C)O.CCN(C)C.CCc1c(C2=CCC(C)(C)CC2)cc2c(c1C)N(SC)Cc1cc(F)ccc1-2.O=CO. The number of anilines is 1. The molecule has 2 aromatic carbocycles. The first-order valence-corrected chi connectivity index (χ1v) is 16.0. The van der Waals surface area contributed by atoms with E-state index in [0.717, 1.165) is 37.9 Å².